The van der Waals surface area contributed by atoms with Gasteiger partial charge in [0.15, 0.2) is 0 Å². The van der Waals surface area contributed by atoms with Crippen molar-refractivity contribution >= 4 is 52.9 Å². The standard InChI is InChI=1S/C32H34GeNO.C14H16NSi.Ir/c1-21(32(2,3)4)23-16-17-34-29(20-23)25-11-15-31-28(19-25)27-18-24(10-14-30(27)35-31)22-8-12-26(13-9-22)33(5,6)7;1-16(2,3)13-9-10-14(15-11-13)12-7-5-4-6-8-12;/h8-10,12-21H,1-7H3;4-7,9-11H,1-3H3;/q2*-1;. The summed E-state index contributed by atoms with van der Waals surface area (Å²) in [4.78, 5) is 9.20. The van der Waals surface area contributed by atoms with E-state index in [1.807, 2.05) is 42.7 Å². The van der Waals surface area contributed by atoms with Crippen LogP contribution in [0.4, 0.5) is 0 Å². The molecule has 0 saturated heterocycles. The molecule has 0 saturated carbocycles. The van der Waals surface area contributed by atoms with Gasteiger partial charge < -0.3 is 4.98 Å². The minimum Gasteiger partial charge on any atom is -0.305 e. The maximum absolute atomic E-state index is 6.16. The summed E-state index contributed by atoms with van der Waals surface area (Å²) in [5.41, 5.74) is 9.72. The zero-order valence-corrected chi connectivity index (χ0v) is 37.7. The molecule has 1 radical (unpaired) electrons. The van der Waals surface area contributed by atoms with Gasteiger partial charge in [-0.1, -0.05) is 65.0 Å². The molecule has 0 spiro atoms. The van der Waals surface area contributed by atoms with E-state index in [2.05, 4.69) is 160 Å². The van der Waals surface area contributed by atoms with Crippen molar-refractivity contribution in [3.8, 4) is 33.6 Å². The van der Waals surface area contributed by atoms with Gasteiger partial charge in [-0.15, -0.1) is 35.9 Å². The van der Waals surface area contributed by atoms with Crippen molar-refractivity contribution in [2.24, 2.45) is 5.41 Å². The number of fused-ring (bicyclic) bond motifs is 3. The van der Waals surface area contributed by atoms with E-state index in [9.17, 15) is 0 Å². The first-order valence-corrected chi connectivity index (χ1v) is 28.8. The van der Waals surface area contributed by atoms with Crippen LogP contribution in [0.2, 0.25) is 36.9 Å². The molecule has 0 amide bonds. The molecule has 52 heavy (non-hydrogen) atoms. The third-order valence-electron chi connectivity index (χ3n) is 9.96. The van der Waals surface area contributed by atoms with Gasteiger partial charge in [0.1, 0.15) is 0 Å². The molecule has 269 valence electrons. The van der Waals surface area contributed by atoms with Gasteiger partial charge in [-0.3, -0.25) is 0 Å². The maximum atomic E-state index is 6.16. The fourth-order valence-corrected chi connectivity index (χ4v) is 9.61. The molecular weight excluding hydrogens is 889 g/mol. The fourth-order valence-electron chi connectivity index (χ4n) is 6.12. The Kier molecular flexibility index (Phi) is 12.0. The van der Waals surface area contributed by atoms with Gasteiger partial charge in [0, 0.05) is 32.5 Å². The zero-order valence-electron chi connectivity index (χ0n) is 32.2. The van der Waals surface area contributed by atoms with E-state index in [0.29, 0.717) is 5.92 Å². The Morgan fingerprint density at radius 3 is 2.04 bits per heavy atom. The SMILES string of the molecule is CC(c1ccnc(-c2[c-]cc3oc4ccc(-c5cc[c]([Ge]([CH3])([CH3])[CH3])cc5)cc4c3c2)c1)C(C)(C)C.C[Si](C)(C)c1ccc(-c2[c-]cccc2)nc1.[Ir]. The number of rotatable bonds is 6. The van der Waals surface area contributed by atoms with Crippen molar-refractivity contribution < 1.29 is 24.5 Å². The van der Waals surface area contributed by atoms with Crippen molar-refractivity contribution in [2.75, 3.05) is 0 Å². The van der Waals surface area contributed by atoms with E-state index in [1.165, 1.54) is 26.3 Å². The molecule has 3 nitrogen and oxygen atoms in total. The first-order chi connectivity index (χ1) is 24.1. The Bertz CT molecular complexity index is 2260. The Balaban J connectivity index is 0.000000258. The third-order valence-corrected chi connectivity index (χ3v) is 16.3. The van der Waals surface area contributed by atoms with Gasteiger partial charge in [0.05, 0.1) is 8.07 Å². The van der Waals surface area contributed by atoms with E-state index in [0.717, 1.165) is 44.5 Å². The molecule has 0 aliphatic heterocycles. The summed E-state index contributed by atoms with van der Waals surface area (Å²) in [5, 5.41) is 3.63. The minimum absolute atomic E-state index is 0. The van der Waals surface area contributed by atoms with Gasteiger partial charge in [0.2, 0.25) is 0 Å². The summed E-state index contributed by atoms with van der Waals surface area (Å²) in [6, 6.07) is 43.0. The molecule has 0 N–H and O–H groups in total. The number of furan rings is 1. The van der Waals surface area contributed by atoms with Crippen molar-refractivity contribution in [2.45, 2.75) is 70.5 Å². The molecule has 3 aromatic heterocycles. The summed E-state index contributed by atoms with van der Waals surface area (Å²) >= 11 is -1.82. The zero-order chi connectivity index (χ0) is 36.6. The van der Waals surface area contributed by atoms with Gasteiger partial charge >= 0.3 is 155 Å². The number of nitrogens with zero attached hydrogens (tertiary/aromatic N) is 2. The van der Waals surface area contributed by atoms with Gasteiger partial charge in [-0.2, -0.15) is 0 Å². The fraction of sp³-hybridized carbons (Fsp3) is 0.261. The van der Waals surface area contributed by atoms with Crippen molar-refractivity contribution in [1.82, 2.24) is 9.97 Å². The molecule has 0 aliphatic rings. The van der Waals surface area contributed by atoms with Gasteiger partial charge in [-0.25, -0.2) is 0 Å². The van der Waals surface area contributed by atoms with E-state index >= 15 is 0 Å². The second-order valence-electron chi connectivity index (χ2n) is 16.8. The van der Waals surface area contributed by atoms with Crippen molar-refractivity contribution in [3.63, 3.8) is 0 Å². The average Bonchev–Trinajstić information content (AvgIpc) is 3.48. The second kappa shape index (κ2) is 15.8. The smallest absolute Gasteiger partial charge is 0.305 e. The van der Waals surface area contributed by atoms with E-state index in [4.69, 9.17) is 4.42 Å². The second-order valence-corrected chi connectivity index (χ2v) is 32.5. The summed E-state index contributed by atoms with van der Waals surface area (Å²) in [7, 11) is -1.23. The number of hydrogen-bond acceptors (Lipinski definition) is 3. The number of aromatic nitrogens is 2. The van der Waals surface area contributed by atoms with E-state index in [1.54, 1.807) is 0 Å². The first-order valence-electron chi connectivity index (χ1n) is 18.0. The molecule has 7 rings (SSSR count). The van der Waals surface area contributed by atoms with Crippen LogP contribution < -0.4 is 9.58 Å². The minimum atomic E-state index is -1.82. The van der Waals surface area contributed by atoms with Crippen LogP contribution in [-0.4, -0.2) is 31.3 Å². The quantitative estimate of drug-likeness (QED) is 0.123. The Labute approximate surface area is 328 Å². The Hall–Kier alpha value is -3.61. The summed E-state index contributed by atoms with van der Waals surface area (Å²) in [6.45, 7) is 16.1. The molecule has 0 bridgehead atoms. The molecular formula is C46H50GeIrN2OSi-2. The first kappa shape index (κ1) is 39.6. The van der Waals surface area contributed by atoms with Gasteiger partial charge in [0.25, 0.3) is 0 Å². The monoisotopic (exact) mass is 941 g/mol. The molecule has 0 fully saturated rings. The Morgan fingerprint density at radius 2 is 1.42 bits per heavy atom. The van der Waals surface area contributed by atoms with Crippen LogP contribution >= 0.6 is 0 Å². The molecule has 6 heteroatoms. The summed E-state index contributed by atoms with van der Waals surface area (Å²) in [6.07, 6.45) is 3.93. The van der Waals surface area contributed by atoms with Crippen LogP contribution in [0.25, 0.3) is 55.6 Å². The molecule has 1 unspecified atom stereocenters. The predicted octanol–water partition coefficient (Wildman–Crippen LogP) is 11.9. The van der Waals surface area contributed by atoms with Crippen LogP contribution in [0.5, 0.6) is 0 Å². The topological polar surface area (TPSA) is 38.9 Å². The van der Waals surface area contributed by atoms with Crippen LogP contribution in [0.3, 0.4) is 0 Å². The van der Waals surface area contributed by atoms with Crippen LogP contribution in [0.1, 0.15) is 39.2 Å². The van der Waals surface area contributed by atoms with Crippen LogP contribution in [0.15, 0.2) is 120 Å². The number of benzene rings is 4. The molecule has 0 aliphatic carbocycles. The molecule has 4 aromatic carbocycles. The van der Waals surface area contributed by atoms with Crippen LogP contribution in [0, 0.1) is 17.5 Å². The van der Waals surface area contributed by atoms with E-state index in [-0.39, 0.29) is 25.5 Å². The molecule has 7 aromatic rings. The van der Waals surface area contributed by atoms with Gasteiger partial charge in [-0.05, 0) is 28.3 Å². The van der Waals surface area contributed by atoms with Crippen molar-refractivity contribution in [3.05, 3.63) is 133 Å². The molecule has 3 heterocycles. The molecule has 1 atom stereocenters. The predicted molar refractivity (Wildman–Crippen MR) is 224 cm³/mol. The van der Waals surface area contributed by atoms with Crippen molar-refractivity contribution in [1.29, 1.82) is 0 Å². The number of pyridine rings is 2. The number of hydrogen-bond donors (Lipinski definition) is 0. The summed E-state index contributed by atoms with van der Waals surface area (Å²) in [5.74, 6) is 7.73. The van der Waals surface area contributed by atoms with E-state index < -0.39 is 21.3 Å². The van der Waals surface area contributed by atoms with Crippen LogP contribution in [-0.2, 0) is 20.1 Å². The average molecular weight is 940 g/mol. The summed E-state index contributed by atoms with van der Waals surface area (Å²) < 4.78 is 7.69. The third kappa shape index (κ3) is 9.12. The normalized spacial score (nSPS) is 12.6. The Morgan fingerprint density at radius 1 is 0.712 bits per heavy atom.